The van der Waals surface area contributed by atoms with Crippen molar-refractivity contribution in [1.82, 2.24) is 0 Å². The summed E-state index contributed by atoms with van der Waals surface area (Å²) in [5, 5.41) is 9.33. The fourth-order valence-electron chi connectivity index (χ4n) is 0.993. The van der Waals surface area contributed by atoms with Crippen LogP contribution >= 0.6 is 11.6 Å². The van der Waals surface area contributed by atoms with E-state index < -0.39 is 0 Å². The maximum Gasteiger partial charge on any atom is 0.119 e. The van der Waals surface area contributed by atoms with E-state index in [9.17, 15) is 5.11 Å². The van der Waals surface area contributed by atoms with Gasteiger partial charge in [-0.3, -0.25) is 0 Å². The van der Waals surface area contributed by atoms with E-state index in [4.69, 9.17) is 11.6 Å². The van der Waals surface area contributed by atoms with E-state index >= 15 is 0 Å². The molecule has 1 nitrogen and oxygen atoms in total. The molecule has 0 aliphatic carbocycles. The molecule has 0 radical (unpaired) electrons. The highest BCUT2D eigenvalue weighted by atomic mass is 35.5. The smallest absolute Gasteiger partial charge is 0.119 e. The number of hydrogen-bond acceptors (Lipinski definition) is 1. The van der Waals surface area contributed by atoms with Crippen LogP contribution in [0.3, 0.4) is 0 Å². The Labute approximate surface area is 77.3 Å². The van der Waals surface area contributed by atoms with Crippen molar-refractivity contribution in [3.8, 4) is 5.75 Å². The summed E-state index contributed by atoms with van der Waals surface area (Å²) in [6.07, 6.45) is 3.76. The average Bonchev–Trinajstić information content (AvgIpc) is 2.08. The molecule has 1 N–H and O–H groups in total. The minimum Gasteiger partial charge on any atom is -0.508 e. The van der Waals surface area contributed by atoms with Gasteiger partial charge in [0.25, 0.3) is 0 Å². The van der Waals surface area contributed by atoms with E-state index in [1.807, 2.05) is 31.2 Å². The Morgan fingerprint density at radius 1 is 1.50 bits per heavy atom. The standard InChI is InChI=1S/C10H11ClO/c1-8-9(5-3-7-11)4-2-6-10(8)12/h2-6,12H,7H2,1H3. The number of benzene rings is 1. The van der Waals surface area contributed by atoms with E-state index in [0.29, 0.717) is 11.6 Å². The highest BCUT2D eigenvalue weighted by molar-refractivity contribution is 6.19. The van der Waals surface area contributed by atoms with Crippen molar-refractivity contribution in [2.45, 2.75) is 6.92 Å². The minimum absolute atomic E-state index is 0.326. The van der Waals surface area contributed by atoms with Gasteiger partial charge in [-0.05, 0) is 24.1 Å². The summed E-state index contributed by atoms with van der Waals surface area (Å²) >= 11 is 5.49. The predicted octanol–water partition coefficient (Wildman–Crippen LogP) is 2.95. The van der Waals surface area contributed by atoms with Gasteiger partial charge in [0.1, 0.15) is 5.75 Å². The summed E-state index contributed by atoms with van der Waals surface area (Å²) < 4.78 is 0. The summed E-state index contributed by atoms with van der Waals surface area (Å²) in [4.78, 5) is 0. The molecule has 1 aromatic carbocycles. The van der Waals surface area contributed by atoms with Gasteiger partial charge in [-0.1, -0.05) is 24.3 Å². The van der Waals surface area contributed by atoms with Gasteiger partial charge in [0.15, 0.2) is 0 Å². The maximum atomic E-state index is 9.33. The van der Waals surface area contributed by atoms with Crippen LogP contribution in [0.5, 0.6) is 5.75 Å². The van der Waals surface area contributed by atoms with E-state index in [-0.39, 0.29) is 0 Å². The van der Waals surface area contributed by atoms with Crippen LogP contribution in [-0.4, -0.2) is 11.0 Å². The molecule has 64 valence electrons. The Kier molecular flexibility index (Phi) is 3.18. The molecule has 2 heteroatoms. The SMILES string of the molecule is Cc1c(O)cccc1C=CCCl. The molecule has 0 heterocycles. The molecule has 0 aliphatic heterocycles. The van der Waals surface area contributed by atoms with Crippen LogP contribution in [0.4, 0.5) is 0 Å². The number of rotatable bonds is 2. The van der Waals surface area contributed by atoms with Crippen molar-refractivity contribution < 1.29 is 5.11 Å². The van der Waals surface area contributed by atoms with Crippen LogP contribution in [0.2, 0.25) is 0 Å². The normalized spacial score (nSPS) is 10.8. The Bertz CT molecular complexity index is 292. The number of allylic oxidation sites excluding steroid dienone is 1. The topological polar surface area (TPSA) is 20.2 Å². The molecule has 0 saturated heterocycles. The fourth-order valence-corrected chi connectivity index (χ4v) is 1.08. The molecule has 0 unspecified atom stereocenters. The number of phenols is 1. The summed E-state index contributed by atoms with van der Waals surface area (Å²) in [6.45, 7) is 1.88. The first-order chi connectivity index (χ1) is 5.75. The molecule has 0 saturated carbocycles. The van der Waals surface area contributed by atoms with Gasteiger partial charge in [0.05, 0.1) is 0 Å². The van der Waals surface area contributed by atoms with Crippen LogP contribution in [0.1, 0.15) is 11.1 Å². The molecule has 12 heavy (non-hydrogen) atoms. The molecule has 0 fully saturated rings. The lowest BCUT2D eigenvalue weighted by Gasteiger charge is -2.01. The molecule has 1 aromatic rings. The monoisotopic (exact) mass is 182 g/mol. The van der Waals surface area contributed by atoms with Crippen molar-refractivity contribution in [3.63, 3.8) is 0 Å². The predicted molar refractivity (Wildman–Crippen MR) is 52.6 cm³/mol. The van der Waals surface area contributed by atoms with E-state index in [1.54, 1.807) is 6.07 Å². The van der Waals surface area contributed by atoms with Crippen molar-refractivity contribution in [2.24, 2.45) is 0 Å². The number of hydrogen-bond donors (Lipinski definition) is 1. The molecule has 0 atom stereocenters. The summed E-state index contributed by atoms with van der Waals surface area (Å²) in [5.41, 5.74) is 1.90. The molecule has 0 bridgehead atoms. The highest BCUT2D eigenvalue weighted by Gasteiger charge is 1.97. The Hall–Kier alpha value is -0.950. The Balaban J connectivity index is 3.00. The third-order valence-corrected chi connectivity index (χ3v) is 1.91. The first kappa shape index (κ1) is 9.14. The second kappa shape index (κ2) is 4.17. The molecule has 0 aromatic heterocycles. The zero-order valence-corrected chi connectivity index (χ0v) is 7.67. The average molecular weight is 183 g/mol. The number of halogens is 1. The van der Waals surface area contributed by atoms with Crippen LogP contribution in [-0.2, 0) is 0 Å². The molecular formula is C10H11ClO. The van der Waals surface area contributed by atoms with Crippen LogP contribution < -0.4 is 0 Å². The lowest BCUT2D eigenvalue weighted by molar-refractivity contribution is 0.471. The molecule has 0 amide bonds. The van der Waals surface area contributed by atoms with E-state index in [2.05, 4.69) is 0 Å². The van der Waals surface area contributed by atoms with E-state index in [1.165, 1.54) is 0 Å². The molecule has 0 aliphatic rings. The number of alkyl halides is 1. The summed E-state index contributed by atoms with van der Waals surface area (Å²) in [7, 11) is 0. The first-order valence-electron chi connectivity index (χ1n) is 3.77. The summed E-state index contributed by atoms with van der Waals surface area (Å²) in [6, 6.07) is 5.43. The zero-order chi connectivity index (χ0) is 8.97. The van der Waals surface area contributed by atoms with Crippen molar-refractivity contribution in [2.75, 3.05) is 5.88 Å². The van der Waals surface area contributed by atoms with Gasteiger partial charge in [-0.2, -0.15) is 0 Å². The lowest BCUT2D eigenvalue weighted by atomic mass is 10.1. The van der Waals surface area contributed by atoms with E-state index in [0.717, 1.165) is 11.1 Å². The van der Waals surface area contributed by atoms with Crippen molar-refractivity contribution in [1.29, 1.82) is 0 Å². The van der Waals surface area contributed by atoms with Gasteiger partial charge < -0.3 is 5.11 Å². The van der Waals surface area contributed by atoms with Crippen LogP contribution in [0.25, 0.3) is 6.08 Å². The van der Waals surface area contributed by atoms with Gasteiger partial charge >= 0.3 is 0 Å². The van der Waals surface area contributed by atoms with Gasteiger partial charge in [-0.25, -0.2) is 0 Å². The Morgan fingerprint density at radius 2 is 2.25 bits per heavy atom. The maximum absolute atomic E-state index is 9.33. The van der Waals surface area contributed by atoms with Gasteiger partial charge in [-0.15, -0.1) is 11.6 Å². The van der Waals surface area contributed by atoms with Crippen molar-refractivity contribution in [3.05, 3.63) is 35.4 Å². The highest BCUT2D eigenvalue weighted by Crippen LogP contribution is 2.20. The third-order valence-electron chi connectivity index (χ3n) is 1.73. The minimum atomic E-state index is 0.326. The Morgan fingerprint density at radius 3 is 2.92 bits per heavy atom. The largest absolute Gasteiger partial charge is 0.508 e. The zero-order valence-electron chi connectivity index (χ0n) is 6.92. The van der Waals surface area contributed by atoms with Gasteiger partial charge in [0, 0.05) is 5.88 Å². The van der Waals surface area contributed by atoms with Crippen LogP contribution in [0, 0.1) is 6.92 Å². The van der Waals surface area contributed by atoms with Gasteiger partial charge in [0.2, 0.25) is 0 Å². The van der Waals surface area contributed by atoms with Crippen LogP contribution in [0.15, 0.2) is 24.3 Å². The third kappa shape index (κ3) is 2.02. The van der Waals surface area contributed by atoms with Crippen molar-refractivity contribution >= 4 is 17.7 Å². The second-order valence-electron chi connectivity index (χ2n) is 2.55. The number of phenolic OH excluding ortho intramolecular Hbond substituents is 1. The first-order valence-corrected chi connectivity index (χ1v) is 4.30. The number of aromatic hydroxyl groups is 1. The fraction of sp³-hybridized carbons (Fsp3) is 0.200. The summed E-state index contributed by atoms with van der Waals surface area (Å²) in [5.74, 6) is 0.821. The second-order valence-corrected chi connectivity index (χ2v) is 2.86. The quantitative estimate of drug-likeness (QED) is 0.698. The molecule has 1 rings (SSSR count). The molecular weight excluding hydrogens is 172 g/mol. The lowest BCUT2D eigenvalue weighted by Crippen LogP contribution is -1.80. The molecule has 0 spiro atoms.